The lowest BCUT2D eigenvalue weighted by Gasteiger charge is -2.19. The summed E-state index contributed by atoms with van der Waals surface area (Å²) in [6.07, 6.45) is 1.59. The molecular formula is C23H19N3O6S2. The van der Waals surface area contributed by atoms with Crippen LogP contribution in [0.4, 0.5) is 11.4 Å². The second kappa shape index (κ2) is 8.50. The molecule has 1 aromatic heterocycles. The van der Waals surface area contributed by atoms with Crippen molar-refractivity contribution in [3.8, 4) is 11.5 Å². The van der Waals surface area contributed by atoms with Gasteiger partial charge in [-0.1, -0.05) is 6.07 Å². The Bertz CT molecular complexity index is 1580. The van der Waals surface area contributed by atoms with Gasteiger partial charge >= 0.3 is 0 Å². The minimum absolute atomic E-state index is 0.0195. The Kier molecular flexibility index (Phi) is 5.50. The van der Waals surface area contributed by atoms with Gasteiger partial charge in [0.2, 0.25) is 0 Å². The van der Waals surface area contributed by atoms with Crippen molar-refractivity contribution in [3.05, 3.63) is 79.0 Å². The lowest BCUT2D eigenvalue weighted by molar-refractivity contribution is 0.171. The van der Waals surface area contributed by atoms with Gasteiger partial charge in [0.1, 0.15) is 13.2 Å². The number of nitrogens with one attached hydrogen (secondary N) is 2. The number of aromatic nitrogens is 1. The Labute approximate surface area is 196 Å². The van der Waals surface area contributed by atoms with Crippen molar-refractivity contribution in [2.45, 2.75) is 9.79 Å². The summed E-state index contributed by atoms with van der Waals surface area (Å²) >= 11 is 0. The van der Waals surface area contributed by atoms with Crippen LogP contribution < -0.4 is 18.9 Å². The Balaban J connectivity index is 1.34. The normalized spacial score (nSPS) is 13.4. The standard InChI is InChI=1S/C23H19N3O6S2/c27-33(28,18-10-11-21-22(15-18)32-14-13-31-21)25-16-6-8-17(9-7-16)26-34(29,30)23-5-1-4-20-19(23)3-2-12-24-20/h1-12,15,25-26H,13-14H2. The van der Waals surface area contributed by atoms with Crippen molar-refractivity contribution in [1.82, 2.24) is 4.98 Å². The van der Waals surface area contributed by atoms with Crippen molar-refractivity contribution in [3.63, 3.8) is 0 Å². The summed E-state index contributed by atoms with van der Waals surface area (Å²) in [7, 11) is -7.79. The quantitative estimate of drug-likeness (QED) is 0.417. The number of hydrogen-bond acceptors (Lipinski definition) is 7. The molecule has 2 heterocycles. The van der Waals surface area contributed by atoms with E-state index in [2.05, 4.69) is 14.4 Å². The van der Waals surface area contributed by atoms with E-state index in [1.165, 1.54) is 42.5 Å². The number of hydrogen-bond donors (Lipinski definition) is 2. The van der Waals surface area contributed by atoms with Gasteiger partial charge in [-0.05, 0) is 60.7 Å². The largest absolute Gasteiger partial charge is 0.486 e. The number of fused-ring (bicyclic) bond motifs is 2. The molecule has 34 heavy (non-hydrogen) atoms. The summed E-state index contributed by atoms with van der Waals surface area (Å²) in [4.78, 5) is 4.30. The topological polar surface area (TPSA) is 124 Å². The first-order valence-electron chi connectivity index (χ1n) is 10.2. The van der Waals surface area contributed by atoms with Crippen LogP contribution in [0.5, 0.6) is 11.5 Å². The third kappa shape index (κ3) is 4.35. The second-order valence-electron chi connectivity index (χ2n) is 7.42. The summed E-state index contributed by atoms with van der Waals surface area (Å²) in [5.74, 6) is 0.853. The maximum atomic E-state index is 13.0. The minimum Gasteiger partial charge on any atom is -0.486 e. The van der Waals surface area contributed by atoms with E-state index < -0.39 is 20.0 Å². The van der Waals surface area contributed by atoms with Gasteiger partial charge in [-0.25, -0.2) is 16.8 Å². The molecule has 3 aromatic carbocycles. The summed E-state index contributed by atoms with van der Waals surface area (Å²) in [5.41, 5.74) is 1.12. The van der Waals surface area contributed by atoms with Crippen molar-refractivity contribution in [2.24, 2.45) is 0 Å². The van der Waals surface area contributed by atoms with E-state index in [1.807, 2.05) is 0 Å². The molecule has 11 heteroatoms. The molecule has 0 aliphatic carbocycles. The molecule has 0 atom stereocenters. The van der Waals surface area contributed by atoms with Crippen LogP contribution in [0, 0.1) is 0 Å². The Hall–Kier alpha value is -3.83. The van der Waals surface area contributed by atoms with Gasteiger partial charge in [0.15, 0.2) is 11.5 Å². The van der Waals surface area contributed by atoms with Crippen LogP contribution in [-0.2, 0) is 20.0 Å². The van der Waals surface area contributed by atoms with Crippen molar-refractivity contribution < 1.29 is 26.3 Å². The molecule has 0 unspecified atom stereocenters. The molecule has 0 amide bonds. The molecule has 174 valence electrons. The zero-order valence-corrected chi connectivity index (χ0v) is 19.3. The molecule has 0 bridgehead atoms. The number of sulfonamides is 2. The molecule has 9 nitrogen and oxygen atoms in total. The van der Waals surface area contributed by atoms with Gasteiger partial charge in [-0.2, -0.15) is 0 Å². The van der Waals surface area contributed by atoms with Crippen LogP contribution in [0.3, 0.4) is 0 Å². The molecule has 0 fully saturated rings. The number of nitrogens with zero attached hydrogens (tertiary/aromatic N) is 1. The smallest absolute Gasteiger partial charge is 0.262 e. The van der Waals surface area contributed by atoms with Crippen LogP contribution in [-0.4, -0.2) is 35.0 Å². The highest BCUT2D eigenvalue weighted by Crippen LogP contribution is 2.33. The molecule has 4 aromatic rings. The van der Waals surface area contributed by atoms with E-state index >= 15 is 0 Å². The van der Waals surface area contributed by atoms with E-state index in [-0.39, 0.29) is 21.2 Å². The van der Waals surface area contributed by atoms with Crippen LogP contribution in [0.2, 0.25) is 0 Å². The third-order valence-corrected chi connectivity index (χ3v) is 7.93. The Morgan fingerprint density at radius 1 is 0.706 bits per heavy atom. The molecule has 1 aliphatic rings. The highest BCUT2D eigenvalue weighted by molar-refractivity contribution is 7.93. The summed E-state index contributed by atoms with van der Waals surface area (Å²) in [6.45, 7) is 0.751. The van der Waals surface area contributed by atoms with E-state index in [1.54, 1.807) is 36.5 Å². The predicted molar refractivity (Wildman–Crippen MR) is 127 cm³/mol. The first-order chi connectivity index (χ1) is 16.3. The molecule has 1 aliphatic heterocycles. The first kappa shape index (κ1) is 22.0. The van der Waals surface area contributed by atoms with E-state index in [0.29, 0.717) is 35.6 Å². The van der Waals surface area contributed by atoms with Gasteiger partial charge in [0.05, 0.1) is 15.3 Å². The SMILES string of the molecule is O=S(=O)(Nc1ccc(NS(=O)(=O)c2cccc3ncccc23)cc1)c1ccc2c(c1)OCCO2. The summed E-state index contributed by atoms with van der Waals surface area (Å²) in [5, 5.41) is 0.501. The van der Waals surface area contributed by atoms with Gasteiger partial charge in [0, 0.05) is 29.0 Å². The van der Waals surface area contributed by atoms with Crippen LogP contribution in [0.1, 0.15) is 0 Å². The molecule has 0 radical (unpaired) electrons. The average molecular weight is 498 g/mol. The van der Waals surface area contributed by atoms with E-state index in [9.17, 15) is 16.8 Å². The van der Waals surface area contributed by atoms with E-state index in [4.69, 9.17) is 9.47 Å². The minimum atomic E-state index is -3.89. The zero-order valence-electron chi connectivity index (χ0n) is 17.6. The van der Waals surface area contributed by atoms with Gasteiger partial charge in [-0.3, -0.25) is 14.4 Å². The van der Waals surface area contributed by atoms with E-state index in [0.717, 1.165) is 0 Å². The molecule has 0 saturated heterocycles. The average Bonchev–Trinajstić information content (AvgIpc) is 2.84. The fraction of sp³-hybridized carbons (Fsp3) is 0.0870. The number of rotatable bonds is 6. The van der Waals surface area contributed by atoms with Crippen molar-refractivity contribution in [1.29, 1.82) is 0 Å². The third-order valence-electron chi connectivity index (χ3n) is 5.11. The molecule has 2 N–H and O–H groups in total. The lowest BCUT2D eigenvalue weighted by atomic mass is 10.2. The molecule has 0 spiro atoms. The molecule has 5 rings (SSSR count). The number of pyridine rings is 1. The first-order valence-corrected chi connectivity index (χ1v) is 13.2. The highest BCUT2D eigenvalue weighted by Gasteiger charge is 2.20. The van der Waals surface area contributed by atoms with Crippen molar-refractivity contribution in [2.75, 3.05) is 22.7 Å². The second-order valence-corrected chi connectivity index (χ2v) is 10.8. The van der Waals surface area contributed by atoms with Crippen molar-refractivity contribution >= 4 is 42.3 Å². The fourth-order valence-electron chi connectivity index (χ4n) is 3.53. The summed E-state index contributed by atoms with van der Waals surface area (Å²) in [6, 6.07) is 18.5. The predicted octanol–water partition coefficient (Wildman–Crippen LogP) is 3.61. The van der Waals surface area contributed by atoms with Gasteiger partial charge < -0.3 is 9.47 Å². The Morgan fingerprint density at radius 3 is 2.12 bits per heavy atom. The molecule has 0 saturated carbocycles. The van der Waals surface area contributed by atoms with Gasteiger partial charge in [0.25, 0.3) is 20.0 Å². The van der Waals surface area contributed by atoms with Crippen LogP contribution >= 0.6 is 0 Å². The maximum absolute atomic E-state index is 13.0. The number of anilines is 2. The van der Waals surface area contributed by atoms with Gasteiger partial charge in [-0.15, -0.1) is 0 Å². The lowest BCUT2D eigenvalue weighted by Crippen LogP contribution is -2.17. The number of ether oxygens (including phenoxy) is 2. The monoisotopic (exact) mass is 497 g/mol. The highest BCUT2D eigenvalue weighted by atomic mass is 32.2. The Morgan fingerprint density at radius 2 is 1.38 bits per heavy atom. The van der Waals surface area contributed by atoms with Crippen LogP contribution in [0.25, 0.3) is 10.9 Å². The molecular weight excluding hydrogens is 478 g/mol. The summed E-state index contributed by atoms with van der Waals surface area (Å²) < 4.78 is 67.4. The zero-order chi connectivity index (χ0) is 23.8. The number of benzene rings is 3. The fourth-order valence-corrected chi connectivity index (χ4v) is 5.88. The maximum Gasteiger partial charge on any atom is 0.262 e. The van der Waals surface area contributed by atoms with Crippen LogP contribution in [0.15, 0.2) is 88.8 Å².